The van der Waals surface area contributed by atoms with E-state index in [0.29, 0.717) is 0 Å². The summed E-state index contributed by atoms with van der Waals surface area (Å²) in [4.78, 5) is 23.0. The Morgan fingerprint density at radius 2 is 1.45 bits per heavy atom. The lowest BCUT2D eigenvalue weighted by Gasteiger charge is -2.43. The van der Waals surface area contributed by atoms with Gasteiger partial charge in [-0.1, -0.05) is 0 Å². The van der Waals surface area contributed by atoms with E-state index >= 15 is 0 Å². The van der Waals surface area contributed by atoms with E-state index in [9.17, 15) is 60.7 Å². The number of aliphatic carboxylic acids is 1. The van der Waals surface area contributed by atoms with Gasteiger partial charge in [-0.05, 0) is 0 Å². The molecule has 0 saturated carbocycles. The predicted molar refractivity (Wildman–Crippen MR) is 113 cm³/mol. The third kappa shape index (κ3) is 6.24. The predicted octanol–water partition coefficient (Wildman–Crippen LogP) is -7.34. The number of hydrogen-bond acceptors (Lipinski definition) is 16. The Hall–Kier alpha value is -1.62. The third-order valence-corrected chi connectivity index (χ3v) is 6.44. The number of carbonyl (C=O) groups excluding carboxylic acids is 1. The summed E-state index contributed by atoms with van der Waals surface area (Å²) in [5.74, 6) is -2.37. The summed E-state index contributed by atoms with van der Waals surface area (Å²) in [7, 11) is 0. The average Bonchev–Trinajstić information content (AvgIpc) is 3.17. The molecule has 11 N–H and O–H groups in total. The van der Waals surface area contributed by atoms with Gasteiger partial charge in [0.1, 0.15) is 67.1 Å². The summed E-state index contributed by atoms with van der Waals surface area (Å²) in [5, 5.41) is 103. The van der Waals surface area contributed by atoms with Crippen molar-refractivity contribution >= 4 is 11.9 Å². The van der Waals surface area contributed by atoms with Crippen LogP contribution in [0.5, 0.6) is 0 Å². The number of carboxylic acid groups (broad SMARTS) is 1. The monoisotopic (exact) mass is 559 g/mol. The number of amides is 1. The van der Waals surface area contributed by atoms with Crippen LogP contribution in [0, 0.1) is 0 Å². The number of rotatable bonds is 9. The van der Waals surface area contributed by atoms with Crippen LogP contribution in [0.3, 0.4) is 0 Å². The Kier molecular flexibility index (Phi) is 10.3. The van der Waals surface area contributed by atoms with Crippen molar-refractivity contribution in [2.24, 2.45) is 0 Å². The van der Waals surface area contributed by atoms with Crippen LogP contribution >= 0.6 is 0 Å². The summed E-state index contributed by atoms with van der Waals surface area (Å²) in [6.07, 6.45) is -25.4. The highest BCUT2D eigenvalue weighted by molar-refractivity contribution is 5.73. The molecule has 38 heavy (non-hydrogen) atoms. The van der Waals surface area contributed by atoms with E-state index in [2.05, 4.69) is 5.32 Å². The van der Waals surface area contributed by atoms with Crippen molar-refractivity contribution in [1.82, 2.24) is 5.32 Å². The maximum absolute atomic E-state index is 11.6. The molecule has 3 rings (SSSR count). The number of ether oxygens (including phenoxy) is 5. The minimum atomic E-state index is -2.05. The zero-order valence-electron chi connectivity index (χ0n) is 19.9. The van der Waals surface area contributed by atoms with E-state index in [1.807, 2.05) is 0 Å². The first kappa shape index (κ1) is 30.9. The fourth-order valence-corrected chi connectivity index (χ4v) is 4.46. The van der Waals surface area contributed by atoms with Crippen LogP contribution in [0.15, 0.2) is 0 Å². The van der Waals surface area contributed by atoms with E-state index in [1.54, 1.807) is 0 Å². The molecule has 220 valence electrons. The van der Waals surface area contributed by atoms with Crippen molar-refractivity contribution in [3.05, 3.63) is 0 Å². The van der Waals surface area contributed by atoms with Crippen molar-refractivity contribution in [1.29, 1.82) is 0 Å². The topological polar surface area (TPSA) is 295 Å². The van der Waals surface area contributed by atoms with Crippen LogP contribution in [0.1, 0.15) is 6.92 Å². The molecule has 18 heteroatoms. The second-order valence-electron chi connectivity index (χ2n) is 9.11. The molecule has 0 unspecified atom stereocenters. The molecule has 3 saturated heterocycles. The average molecular weight is 559 g/mol. The summed E-state index contributed by atoms with van der Waals surface area (Å²) in [6, 6.07) is -1.43. The molecule has 0 aromatic rings. The second-order valence-corrected chi connectivity index (χ2v) is 9.11. The number of aliphatic hydroxyl groups excluding tert-OH is 9. The molecule has 0 radical (unpaired) electrons. The Labute approximate surface area is 214 Å². The SMILES string of the molecule is CC(=O)N[C@@H]1[C@@H](O[C@@H]2O[C@@H]([C@H](O)CO)[C@H](O[C@@H]3O[C@H](C(=O)O)[C@@H](O)[C@H](O)[C@H]3O)[C@H]2O)[C@H](O)[C@@H](CO)O[C@H]1O. The molecule has 3 aliphatic rings. The minimum Gasteiger partial charge on any atom is -0.479 e. The van der Waals surface area contributed by atoms with Crippen LogP contribution in [0.25, 0.3) is 0 Å². The molecule has 15 atom stereocenters. The number of carbonyl (C=O) groups is 2. The van der Waals surface area contributed by atoms with Crippen molar-refractivity contribution < 1.29 is 84.3 Å². The minimum absolute atomic E-state index is 0.666. The lowest BCUT2D eigenvalue weighted by atomic mass is 9.96. The highest BCUT2D eigenvalue weighted by Crippen LogP contribution is 2.34. The van der Waals surface area contributed by atoms with Crippen LogP contribution in [-0.2, 0) is 33.3 Å². The van der Waals surface area contributed by atoms with Gasteiger partial charge in [-0.2, -0.15) is 0 Å². The fraction of sp³-hybridized carbons (Fsp3) is 0.900. The summed E-state index contributed by atoms with van der Waals surface area (Å²) < 4.78 is 26.6. The standard InChI is InChI=1S/C20H33NO17/c1-4(24)21-7-14(8(26)6(3-23)34-18(7)33)36-20-12(30)15(13(35-20)5(25)2-22)37-19-11(29)9(27)10(28)16(38-19)17(31)32/h5-16,18-20,22-23,25-30,33H,2-3H2,1H3,(H,21,24)(H,31,32)/t5-,6-,7-,8-,9+,10+,11-,12-,13+,14-,15-,16+,18-,19-,20+/m1/s1. The molecule has 0 spiro atoms. The summed E-state index contributed by atoms with van der Waals surface area (Å²) in [5.41, 5.74) is 0. The third-order valence-electron chi connectivity index (χ3n) is 6.44. The molecular formula is C20H33NO17. The largest absolute Gasteiger partial charge is 0.479 e. The van der Waals surface area contributed by atoms with Gasteiger partial charge in [0, 0.05) is 6.92 Å². The van der Waals surface area contributed by atoms with E-state index in [4.69, 9.17) is 23.7 Å². The molecular weight excluding hydrogens is 526 g/mol. The number of hydrogen-bond donors (Lipinski definition) is 11. The molecule has 3 aliphatic heterocycles. The maximum Gasteiger partial charge on any atom is 0.335 e. The van der Waals surface area contributed by atoms with E-state index in [-0.39, 0.29) is 0 Å². The lowest BCUT2D eigenvalue weighted by molar-refractivity contribution is -0.313. The molecule has 0 aliphatic carbocycles. The molecule has 3 heterocycles. The summed E-state index contributed by atoms with van der Waals surface area (Å²) >= 11 is 0. The van der Waals surface area contributed by atoms with Crippen LogP contribution in [0.4, 0.5) is 0 Å². The van der Waals surface area contributed by atoms with Gasteiger partial charge >= 0.3 is 5.97 Å². The van der Waals surface area contributed by atoms with Gasteiger partial charge in [-0.25, -0.2) is 4.79 Å². The van der Waals surface area contributed by atoms with Gasteiger partial charge < -0.3 is 80.1 Å². The van der Waals surface area contributed by atoms with E-state index in [1.165, 1.54) is 0 Å². The van der Waals surface area contributed by atoms with Crippen LogP contribution < -0.4 is 5.32 Å². The van der Waals surface area contributed by atoms with Gasteiger partial charge in [-0.3, -0.25) is 4.79 Å². The first-order valence-electron chi connectivity index (χ1n) is 11.6. The van der Waals surface area contributed by atoms with Crippen molar-refractivity contribution in [2.45, 2.75) is 99.0 Å². The fourth-order valence-electron chi connectivity index (χ4n) is 4.46. The normalized spacial score (nSPS) is 46.5. The Bertz CT molecular complexity index is 818. The molecule has 3 fully saturated rings. The van der Waals surface area contributed by atoms with Crippen molar-refractivity contribution in [3.63, 3.8) is 0 Å². The molecule has 1 amide bonds. The second kappa shape index (κ2) is 12.7. The summed E-state index contributed by atoms with van der Waals surface area (Å²) in [6.45, 7) is -0.610. The van der Waals surface area contributed by atoms with Crippen molar-refractivity contribution in [3.8, 4) is 0 Å². The Balaban J connectivity index is 1.84. The maximum atomic E-state index is 11.6. The number of aliphatic hydroxyl groups is 9. The smallest absolute Gasteiger partial charge is 0.335 e. The zero-order chi connectivity index (χ0) is 28.5. The molecule has 0 aromatic heterocycles. The van der Waals surface area contributed by atoms with Gasteiger partial charge in [-0.15, -0.1) is 0 Å². The molecule has 18 nitrogen and oxygen atoms in total. The highest BCUT2D eigenvalue weighted by atomic mass is 16.8. The Morgan fingerprint density at radius 1 is 0.842 bits per heavy atom. The number of nitrogens with one attached hydrogen (secondary N) is 1. The van der Waals surface area contributed by atoms with Gasteiger partial charge in [0.15, 0.2) is 25.0 Å². The number of carboxylic acids is 1. The van der Waals surface area contributed by atoms with Gasteiger partial charge in [0.05, 0.1) is 13.2 Å². The molecule has 0 aromatic carbocycles. The van der Waals surface area contributed by atoms with Gasteiger partial charge in [0.2, 0.25) is 5.91 Å². The van der Waals surface area contributed by atoms with Crippen molar-refractivity contribution in [2.75, 3.05) is 13.2 Å². The van der Waals surface area contributed by atoms with Crippen LogP contribution in [0.2, 0.25) is 0 Å². The van der Waals surface area contributed by atoms with Crippen LogP contribution in [-0.4, -0.2) is 168 Å². The lowest BCUT2D eigenvalue weighted by Crippen LogP contribution is -2.65. The first-order valence-corrected chi connectivity index (χ1v) is 11.6. The highest BCUT2D eigenvalue weighted by Gasteiger charge is 2.56. The van der Waals surface area contributed by atoms with E-state index < -0.39 is 117 Å². The quantitative estimate of drug-likeness (QED) is 0.125. The first-order chi connectivity index (χ1) is 17.8. The Morgan fingerprint density at radius 3 is 2.00 bits per heavy atom. The zero-order valence-corrected chi connectivity index (χ0v) is 19.9. The van der Waals surface area contributed by atoms with Gasteiger partial charge in [0.25, 0.3) is 0 Å². The van der Waals surface area contributed by atoms with E-state index in [0.717, 1.165) is 6.92 Å². The molecule has 0 bridgehead atoms.